The summed E-state index contributed by atoms with van der Waals surface area (Å²) >= 11 is 0. The van der Waals surface area contributed by atoms with Gasteiger partial charge in [0.05, 0.1) is 11.0 Å². The lowest BCUT2D eigenvalue weighted by Gasteiger charge is -2.05. The number of H-pyrrole nitrogens is 1. The molecule has 0 saturated carbocycles. The highest BCUT2D eigenvalue weighted by Crippen LogP contribution is 2.18. The number of fused-ring (bicyclic) bond motifs is 1. The lowest BCUT2D eigenvalue weighted by molar-refractivity contribution is 0.208. The van der Waals surface area contributed by atoms with Crippen LogP contribution in [0.5, 0.6) is 11.8 Å². The van der Waals surface area contributed by atoms with E-state index in [1.807, 2.05) is 48.5 Å². The number of hydrogen-bond donors (Lipinski definition) is 2. The molecule has 20 heavy (non-hydrogen) atoms. The van der Waals surface area contributed by atoms with Gasteiger partial charge in [-0.05, 0) is 30.3 Å². The first-order valence-electron chi connectivity index (χ1n) is 6.37. The van der Waals surface area contributed by atoms with Crippen LogP contribution in [0.4, 0.5) is 5.69 Å². The number of imidazole rings is 1. The number of hydrogen-bond acceptors (Lipinski definition) is 4. The summed E-state index contributed by atoms with van der Waals surface area (Å²) in [7, 11) is 0. The minimum atomic E-state index is 0.421. The van der Waals surface area contributed by atoms with Gasteiger partial charge in [-0.1, -0.05) is 18.2 Å². The molecule has 5 nitrogen and oxygen atoms in total. The molecule has 5 heteroatoms. The highest BCUT2D eigenvalue weighted by molar-refractivity contribution is 5.79. The van der Waals surface area contributed by atoms with Crippen molar-refractivity contribution in [1.82, 2.24) is 9.97 Å². The minimum Gasteiger partial charge on any atom is -0.490 e. The molecular formula is C15H15N3O2. The van der Waals surface area contributed by atoms with Crippen molar-refractivity contribution in [3.05, 3.63) is 48.5 Å². The Morgan fingerprint density at radius 3 is 2.65 bits per heavy atom. The fraction of sp³-hybridized carbons (Fsp3) is 0.133. The number of aromatic nitrogens is 2. The highest BCUT2D eigenvalue weighted by Gasteiger charge is 2.03. The van der Waals surface area contributed by atoms with Crippen molar-refractivity contribution in [2.45, 2.75) is 0 Å². The van der Waals surface area contributed by atoms with Crippen LogP contribution in [0.3, 0.4) is 0 Å². The monoisotopic (exact) mass is 269 g/mol. The maximum absolute atomic E-state index is 5.71. The van der Waals surface area contributed by atoms with Gasteiger partial charge in [0, 0.05) is 5.69 Å². The Balaban J connectivity index is 1.55. The summed E-state index contributed by atoms with van der Waals surface area (Å²) in [6.07, 6.45) is 0. The van der Waals surface area contributed by atoms with Gasteiger partial charge in [-0.25, -0.2) is 0 Å². The number of rotatable bonds is 5. The summed E-state index contributed by atoms with van der Waals surface area (Å²) in [6.45, 7) is 0.882. The summed E-state index contributed by atoms with van der Waals surface area (Å²) in [4.78, 5) is 7.38. The zero-order valence-corrected chi connectivity index (χ0v) is 10.9. The van der Waals surface area contributed by atoms with Crippen LogP contribution in [0.1, 0.15) is 0 Å². The molecule has 102 valence electrons. The van der Waals surface area contributed by atoms with Crippen LogP contribution < -0.4 is 15.2 Å². The molecule has 1 heterocycles. The Bertz CT molecular complexity index is 695. The average Bonchev–Trinajstić information content (AvgIpc) is 2.86. The molecular weight excluding hydrogens is 254 g/mol. The smallest absolute Gasteiger partial charge is 0.294 e. The molecule has 0 radical (unpaired) electrons. The second kappa shape index (κ2) is 5.52. The topological polar surface area (TPSA) is 73.2 Å². The SMILES string of the molecule is Nc1ccc2nc(OCCOc3ccccc3)[nH]c2c1. The van der Waals surface area contributed by atoms with E-state index in [1.54, 1.807) is 0 Å². The molecule has 0 bridgehead atoms. The molecule has 0 amide bonds. The third kappa shape index (κ3) is 2.83. The van der Waals surface area contributed by atoms with Crippen LogP contribution in [0, 0.1) is 0 Å². The van der Waals surface area contributed by atoms with Gasteiger partial charge < -0.3 is 20.2 Å². The summed E-state index contributed by atoms with van der Waals surface area (Å²) in [5.74, 6) is 0.827. The predicted octanol–water partition coefficient (Wildman–Crippen LogP) is 2.60. The average molecular weight is 269 g/mol. The van der Waals surface area contributed by atoms with Gasteiger partial charge in [0.1, 0.15) is 19.0 Å². The molecule has 0 aliphatic carbocycles. The van der Waals surface area contributed by atoms with Crippen LogP contribution in [0.2, 0.25) is 0 Å². The molecule has 0 unspecified atom stereocenters. The normalized spacial score (nSPS) is 10.6. The third-order valence-electron chi connectivity index (χ3n) is 2.82. The Morgan fingerprint density at radius 1 is 1.00 bits per heavy atom. The quantitative estimate of drug-likeness (QED) is 0.551. The predicted molar refractivity (Wildman–Crippen MR) is 77.9 cm³/mol. The van der Waals surface area contributed by atoms with E-state index in [1.165, 1.54) is 0 Å². The molecule has 3 aromatic rings. The molecule has 0 spiro atoms. The molecule has 0 saturated heterocycles. The standard InChI is InChI=1S/C15H15N3O2/c16-11-6-7-13-14(10-11)18-15(17-13)20-9-8-19-12-4-2-1-3-5-12/h1-7,10H,8-9,16H2,(H,17,18). The lowest BCUT2D eigenvalue weighted by Crippen LogP contribution is -2.09. The van der Waals surface area contributed by atoms with Crippen molar-refractivity contribution in [2.75, 3.05) is 18.9 Å². The zero-order chi connectivity index (χ0) is 13.8. The molecule has 3 N–H and O–H groups in total. The molecule has 1 aromatic heterocycles. The van der Waals surface area contributed by atoms with Crippen molar-refractivity contribution < 1.29 is 9.47 Å². The number of nitrogens with two attached hydrogens (primary N) is 1. The van der Waals surface area contributed by atoms with E-state index in [2.05, 4.69) is 9.97 Å². The molecule has 0 aliphatic heterocycles. The Kier molecular flexibility index (Phi) is 3.41. The van der Waals surface area contributed by atoms with Crippen LogP contribution >= 0.6 is 0 Å². The van der Waals surface area contributed by atoms with Gasteiger partial charge in [-0.2, -0.15) is 4.98 Å². The van der Waals surface area contributed by atoms with Gasteiger partial charge in [-0.3, -0.25) is 0 Å². The number of ether oxygens (including phenoxy) is 2. The summed E-state index contributed by atoms with van der Waals surface area (Å²) < 4.78 is 11.1. The fourth-order valence-corrected chi connectivity index (χ4v) is 1.89. The molecule has 3 rings (SSSR count). The van der Waals surface area contributed by atoms with Crippen LogP contribution in [-0.2, 0) is 0 Å². The van der Waals surface area contributed by atoms with E-state index in [0.29, 0.717) is 24.9 Å². The molecule has 0 fully saturated rings. The molecule has 0 atom stereocenters. The first-order chi connectivity index (χ1) is 9.81. The van der Waals surface area contributed by atoms with Crippen LogP contribution in [-0.4, -0.2) is 23.2 Å². The number of para-hydroxylation sites is 1. The van der Waals surface area contributed by atoms with Gasteiger partial charge in [0.25, 0.3) is 6.01 Å². The fourth-order valence-electron chi connectivity index (χ4n) is 1.89. The minimum absolute atomic E-state index is 0.421. The van der Waals surface area contributed by atoms with Crippen molar-refractivity contribution in [3.63, 3.8) is 0 Å². The summed E-state index contributed by atoms with van der Waals surface area (Å²) in [6, 6.07) is 15.6. The van der Waals surface area contributed by atoms with E-state index >= 15 is 0 Å². The number of benzene rings is 2. The number of nitrogens with one attached hydrogen (secondary N) is 1. The summed E-state index contributed by atoms with van der Waals surface area (Å²) in [5.41, 5.74) is 8.10. The molecule has 2 aromatic carbocycles. The van der Waals surface area contributed by atoms with Gasteiger partial charge >= 0.3 is 0 Å². The van der Waals surface area contributed by atoms with Crippen molar-refractivity contribution in [3.8, 4) is 11.8 Å². The van der Waals surface area contributed by atoms with Gasteiger partial charge in [0.2, 0.25) is 0 Å². The van der Waals surface area contributed by atoms with Crippen molar-refractivity contribution in [1.29, 1.82) is 0 Å². The Morgan fingerprint density at radius 2 is 1.80 bits per heavy atom. The van der Waals surface area contributed by atoms with E-state index in [4.69, 9.17) is 15.2 Å². The van der Waals surface area contributed by atoms with Crippen LogP contribution in [0.15, 0.2) is 48.5 Å². The maximum atomic E-state index is 5.71. The Hall–Kier alpha value is -2.69. The zero-order valence-electron chi connectivity index (χ0n) is 10.9. The largest absolute Gasteiger partial charge is 0.490 e. The third-order valence-corrected chi connectivity index (χ3v) is 2.82. The van der Waals surface area contributed by atoms with Crippen molar-refractivity contribution >= 4 is 16.7 Å². The number of nitrogen functional groups attached to an aromatic ring is 1. The van der Waals surface area contributed by atoms with Gasteiger partial charge in [-0.15, -0.1) is 0 Å². The number of nitrogens with zero attached hydrogens (tertiary/aromatic N) is 1. The van der Waals surface area contributed by atoms with E-state index in [9.17, 15) is 0 Å². The van der Waals surface area contributed by atoms with Gasteiger partial charge in [0.15, 0.2) is 0 Å². The lowest BCUT2D eigenvalue weighted by atomic mass is 10.3. The first kappa shape index (κ1) is 12.3. The highest BCUT2D eigenvalue weighted by atomic mass is 16.5. The molecule has 0 aliphatic rings. The van der Waals surface area contributed by atoms with Crippen molar-refractivity contribution in [2.24, 2.45) is 0 Å². The number of anilines is 1. The second-order valence-electron chi connectivity index (χ2n) is 4.33. The van der Waals surface area contributed by atoms with E-state index < -0.39 is 0 Å². The number of aromatic amines is 1. The maximum Gasteiger partial charge on any atom is 0.294 e. The van der Waals surface area contributed by atoms with E-state index in [0.717, 1.165) is 16.8 Å². The second-order valence-corrected chi connectivity index (χ2v) is 4.33. The first-order valence-corrected chi connectivity index (χ1v) is 6.37. The van der Waals surface area contributed by atoms with Crippen LogP contribution in [0.25, 0.3) is 11.0 Å². The summed E-state index contributed by atoms with van der Waals surface area (Å²) in [5, 5.41) is 0. The Labute approximate surface area is 116 Å². The van der Waals surface area contributed by atoms with E-state index in [-0.39, 0.29) is 0 Å².